The number of hydrogen-bond acceptors (Lipinski definition) is 4. The monoisotopic (exact) mass is 539 g/mol. The third-order valence-electron chi connectivity index (χ3n) is 5.67. The molecule has 0 spiro atoms. The van der Waals surface area contributed by atoms with E-state index in [-0.39, 0.29) is 29.9 Å². The first-order valence-corrected chi connectivity index (χ1v) is 10.5. The zero-order valence-electron chi connectivity index (χ0n) is 18.9. The number of nitrogens with one attached hydrogen (secondary N) is 1. The molecule has 1 saturated heterocycles. The normalized spacial score (nSPS) is 14.7. The summed E-state index contributed by atoms with van der Waals surface area (Å²) in [5.74, 6) is 1.21. The van der Waals surface area contributed by atoms with Crippen molar-refractivity contribution >= 4 is 35.8 Å². The SMILES string of the molecule is CN=C(NCc1ccccc1CN(C)C(C)C)N1CCN(C(=O)c2ccco2)CC1.I. The zero-order chi connectivity index (χ0) is 21.5. The first kappa shape index (κ1) is 25.2. The number of rotatable bonds is 6. The number of halogens is 1. The maximum atomic E-state index is 12.5. The molecule has 1 aromatic carbocycles. The van der Waals surface area contributed by atoms with Crippen molar-refractivity contribution < 1.29 is 9.21 Å². The van der Waals surface area contributed by atoms with E-state index < -0.39 is 0 Å². The number of nitrogens with zero attached hydrogens (tertiary/aromatic N) is 4. The molecule has 1 fully saturated rings. The summed E-state index contributed by atoms with van der Waals surface area (Å²) in [5, 5.41) is 3.51. The lowest BCUT2D eigenvalue weighted by molar-refractivity contribution is 0.0657. The van der Waals surface area contributed by atoms with Gasteiger partial charge >= 0.3 is 0 Å². The van der Waals surface area contributed by atoms with Gasteiger partial charge in [0.15, 0.2) is 11.7 Å². The third kappa shape index (κ3) is 6.70. The van der Waals surface area contributed by atoms with Crippen LogP contribution in [0.25, 0.3) is 0 Å². The summed E-state index contributed by atoms with van der Waals surface area (Å²) < 4.78 is 5.24. The minimum atomic E-state index is -0.0502. The van der Waals surface area contributed by atoms with Crippen LogP contribution in [0, 0.1) is 0 Å². The van der Waals surface area contributed by atoms with Gasteiger partial charge in [0, 0.05) is 52.4 Å². The summed E-state index contributed by atoms with van der Waals surface area (Å²) in [4.78, 5) is 23.3. The van der Waals surface area contributed by atoms with E-state index in [0.29, 0.717) is 24.9 Å². The lowest BCUT2D eigenvalue weighted by atomic mass is 10.1. The number of hydrogen-bond donors (Lipinski definition) is 1. The molecule has 170 valence electrons. The maximum absolute atomic E-state index is 12.5. The molecule has 1 amide bonds. The first-order chi connectivity index (χ1) is 14.5. The number of guanidine groups is 1. The number of benzene rings is 1. The zero-order valence-corrected chi connectivity index (χ0v) is 21.2. The van der Waals surface area contributed by atoms with Crippen molar-refractivity contribution in [3.8, 4) is 0 Å². The second-order valence-corrected chi connectivity index (χ2v) is 7.93. The van der Waals surface area contributed by atoms with Crippen LogP contribution in [-0.4, -0.2) is 72.9 Å². The molecule has 0 atom stereocenters. The number of aliphatic imine (C=N–C) groups is 1. The average Bonchev–Trinajstić information content (AvgIpc) is 3.30. The highest BCUT2D eigenvalue weighted by atomic mass is 127. The number of amides is 1. The van der Waals surface area contributed by atoms with Crippen molar-refractivity contribution in [1.29, 1.82) is 0 Å². The predicted octanol–water partition coefficient (Wildman–Crippen LogP) is 3.27. The van der Waals surface area contributed by atoms with E-state index in [9.17, 15) is 4.79 Å². The van der Waals surface area contributed by atoms with E-state index >= 15 is 0 Å². The Hall–Kier alpha value is -2.07. The van der Waals surface area contributed by atoms with Gasteiger partial charge < -0.3 is 19.5 Å². The van der Waals surface area contributed by atoms with Gasteiger partial charge in [0.25, 0.3) is 5.91 Å². The summed E-state index contributed by atoms with van der Waals surface area (Å²) in [6.07, 6.45) is 1.53. The second-order valence-electron chi connectivity index (χ2n) is 7.93. The minimum Gasteiger partial charge on any atom is -0.459 e. The largest absolute Gasteiger partial charge is 0.459 e. The molecule has 2 heterocycles. The Morgan fingerprint density at radius 3 is 2.32 bits per heavy atom. The predicted molar refractivity (Wildman–Crippen MR) is 135 cm³/mol. The fourth-order valence-electron chi connectivity index (χ4n) is 3.52. The van der Waals surface area contributed by atoms with E-state index in [2.05, 4.69) is 65.3 Å². The van der Waals surface area contributed by atoms with Crippen molar-refractivity contribution in [3.63, 3.8) is 0 Å². The average molecular weight is 539 g/mol. The molecule has 1 aliphatic rings. The van der Waals surface area contributed by atoms with Gasteiger partial charge in [0.2, 0.25) is 0 Å². The molecule has 1 N–H and O–H groups in total. The first-order valence-electron chi connectivity index (χ1n) is 10.5. The maximum Gasteiger partial charge on any atom is 0.289 e. The molecule has 0 saturated carbocycles. The van der Waals surface area contributed by atoms with Crippen LogP contribution in [0.5, 0.6) is 0 Å². The van der Waals surface area contributed by atoms with Crippen LogP contribution in [0.2, 0.25) is 0 Å². The summed E-state index contributed by atoms with van der Waals surface area (Å²) in [6.45, 7) is 8.83. The Morgan fingerprint density at radius 1 is 1.10 bits per heavy atom. The lowest BCUT2D eigenvalue weighted by Crippen LogP contribution is -2.53. The Bertz CT molecular complexity index is 845. The number of carbonyl (C=O) groups is 1. The molecular formula is C23H34IN5O2. The fraction of sp³-hybridized carbons (Fsp3) is 0.478. The van der Waals surface area contributed by atoms with Crippen LogP contribution in [-0.2, 0) is 13.1 Å². The van der Waals surface area contributed by atoms with Gasteiger partial charge in [-0.25, -0.2) is 0 Å². The van der Waals surface area contributed by atoms with Gasteiger partial charge in [-0.1, -0.05) is 24.3 Å². The van der Waals surface area contributed by atoms with Gasteiger partial charge in [0.05, 0.1) is 6.26 Å². The number of furan rings is 1. The molecular weight excluding hydrogens is 505 g/mol. The van der Waals surface area contributed by atoms with Crippen LogP contribution in [0.1, 0.15) is 35.5 Å². The van der Waals surface area contributed by atoms with E-state index in [0.717, 1.165) is 32.1 Å². The van der Waals surface area contributed by atoms with E-state index in [1.165, 1.54) is 17.4 Å². The van der Waals surface area contributed by atoms with Crippen molar-refractivity contribution in [2.75, 3.05) is 40.3 Å². The Labute approximate surface area is 202 Å². The molecule has 2 aromatic rings. The number of piperazine rings is 1. The van der Waals surface area contributed by atoms with Crippen molar-refractivity contribution in [3.05, 3.63) is 59.5 Å². The van der Waals surface area contributed by atoms with E-state index in [1.807, 2.05) is 4.90 Å². The Morgan fingerprint density at radius 2 is 1.74 bits per heavy atom. The minimum absolute atomic E-state index is 0. The van der Waals surface area contributed by atoms with Gasteiger partial charge in [-0.2, -0.15) is 0 Å². The summed E-state index contributed by atoms with van der Waals surface area (Å²) in [6, 6.07) is 12.5. The quantitative estimate of drug-likeness (QED) is 0.347. The van der Waals surface area contributed by atoms with Gasteiger partial charge in [-0.05, 0) is 44.2 Å². The molecule has 0 aliphatic carbocycles. The Balaban J connectivity index is 0.00000341. The van der Waals surface area contributed by atoms with Crippen LogP contribution < -0.4 is 5.32 Å². The molecule has 1 aliphatic heterocycles. The summed E-state index contributed by atoms with van der Waals surface area (Å²) in [5.41, 5.74) is 2.60. The summed E-state index contributed by atoms with van der Waals surface area (Å²) >= 11 is 0. The smallest absolute Gasteiger partial charge is 0.289 e. The van der Waals surface area contributed by atoms with Crippen LogP contribution >= 0.6 is 24.0 Å². The van der Waals surface area contributed by atoms with Crippen LogP contribution in [0.15, 0.2) is 52.1 Å². The highest BCUT2D eigenvalue weighted by molar-refractivity contribution is 14.0. The molecule has 0 radical (unpaired) electrons. The number of carbonyl (C=O) groups excluding carboxylic acids is 1. The van der Waals surface area contributed by atoms with E-state index in [4.69, 9.17) is 4.42 Å². The molecule has 8 heteroatoms. The standard InChI is InChI=1S/C23H33N5O2.HI/c1-18(2)26(4)17-20-9-6-5-8-19(20)16-25-23(24-3)28-13-11-27(12-14-28)22(29)21-10-7-15-30-21;/h5-10,15,18H,11-14,16-17H2,1-4H3,(H,24,25);1H. The van der Waals surface area contributed by atoms with Crippen LogP contribution in [0.4, 0.5) is 0 Å². The van der Waals surface area contributed by atoms with Crippen molar-refractivity contribution in [2.24, 2.45) is 4.99 Å². The highest BCUT2D eigenvalue weighted by Crippen LogP contribution is 2.13. The third-order valence-corrected chi connectivity index (χ3v) is 5.67. The second kappa shape index (κ2) is 12.1. The summed E-state index contributed by atoms with van der Waals surface area (Å²) in [7, 11) is 3.96. The molecule has 1 aromatic heterocycles. The van der Waals surface area contributed by atoms with E-state index in [1.54, 1.807) is 19.2 Å². The van der Waals surface area contributed by atoms with Gasteiger partial charge in [-0.3, -0.25) is 14.7 Å². The highest BCUT2D eigenvalue weighted by Gasteiger charge is 2.25. The molecule has 3 rings (SSSR count). The van der Waals surface area contributed by atoms with Gasteiger partial charge in [-0.15, -0.1) is 24.0 Å². The van der Waals surface area contributed by atoms with Crippen molar-refractivity contribution in [2.45, 2.75) is 33.0 Å². The molecule has 7 nitrogen and oxygen atoms in total. The van der Waals surface area contributed by atoms with Crippen molar-refractivity contribution in [1.82, 2.24) is 20.0 Å². The molecule has 31 heavy (non-hydrogen) atoms. The fourth-order valence-corrected chi connectivity index (χ4v) is 3.52. The van der Waals surface area contributed by atoms with Gasteiger partial charge in [0.1, 0.15) is 0 Å². The Kier molecular flexibility index (Phi) is 9.83. The molecule has 0 bridgehead atoms. The topological polar surface area (TPSA) is 64.3 Å². The van der Waals surface area contributed by atoms with Crippen LogP contribution in [0.3, 0.4) is 0 Å². The lowest BCUT2D eigenvalue weighted by Gasteiger charge is -2.36. The molecule has 0 unspecified atom stereocenters.